The summed E-state index contributed by atoms with van der Waals surface area (Å²) in [6, 6.07) is 21.7. The zero-order chi connectivity index (χ0) is 20.8. The Labute approximate surface area is 190 Å². The van der Waals surface area contributed by atoms with E-state index in [0.717, 1.165) is 12.1 Å². The van der Waals surface area contributed by atoms with E-state index in [2.05, 4.69) is 6.92 Å². The molecule has 7 heteroatoms. The van der Waals surface area contributed by atoms with Crippen molar-refractivity contribution in [3.8, 4) is 11.5 Å². The Morgan fingerprint density at radius 2 is 1.14 bits per heavy atom. The van der Waals surface area contributed by atoms with Gasteiger partial charge in [0.2, 0.25) is 0 Å². The van der Waals surface area contributed by atoms with Gasteiger partial charge in [-0.15, -0.1) is 0 Å². The molecule has 0 N–H and O–H groups in total. The molecule has 0 unspecified atom stereocenters. The van der Waals surface area contributed by atoms with E-state index in [1.54, 1.807) is 53.4 Å². The molecule has 3 rings (SSSR count). The van der Waals surface area contributed by atoms with Crippen molar-refractivity contribution in [3.63, 3.8) is 0 Å². The van der Waals surface area contributed by atoms with Gasteiger partial charge in [0.15, 0.2) is 0 Å². The zero-order valence-corrected chi connectivity index (χ0v) is 18.6. The monoisotopic (exact) mass is 461 g/mol. The molecule has 0 aliphatic rings. The minimum absolute atomic E-state index is 0.135. The molecule has 0 aromatic heterocycles. The summed E-state index contributed by atoms with van der Waals surface area (Å²) in [5.74, 6) is 1.09. The molecule has 0 amide bonds. The number of aryl methyl sites for hydroxylation is 1. The third kappa shape index (κ3) is 5.90. The minimum atomic E-state index is 0.135. The van der Waals surface area contributed by atoms with Gasteiger partial charge in [0.25, 0.3) is 10.3 Å². The molecule has 0 fully saturated rings. The van der Waals surface area contributed by atoms with Crippen LogP contribution in [-0.4, -0.2) is 10.3 Å². The molecule has 0 heterocycles. The number of benzene rings is 3. The number of ether oxygens (including phenoxy) is 2. The van der Waals surface area contributed by atoms with Crippen LogP contribution in [0.25, 0.3) is 0 Å². The molecule has 0 spiro atoms. The summed E-state index contributed by atoms with van der Waals surface area (Å²) in [4.78, 5) is 1.56. The molecule has 29 heavy (non-hydrogen) atoms. The Bertz CT molecular complexity index is 931. The van der Waals surface area contributed by atoms with E-state index in [9.17, 15) is 0 Å². The molecule has 3 aromatic rings. The summed E-state index contributed by atoms with van der Waals surface area (Å²) in [6.07, 6.45) is 0.928. The molecule has 148 valence electrons. The van der Waals surface area contributed by atoms with E-state index in [-0.39, 0.29) is 10.3 Å². The van der Waals surface area contributed by atoms with Crippen LogP contribution in [-0.2, 0) is 6.42 Å². The Morgan fingerprint density at radius 3 is 1.52 bits per heavy atom. The van der Waals surface area contributed by atoms with Crippen molar-refractivity contribution in [2.45, 2.75) is 13.3 Å². The fourth-order valence-corrected chi connectivity index (χ4v) is 3.34. The molecule has 0 atom stereocenters. The third-order valence-corrected chi connectivity index (χ3v) is 5.04. The quantitative estimate of drug-likeness (QED) is 0.385. The number of rotatable bonds is 4. The summed E-state index contributed by atoms with van der Waals surface area (Å²) in [5.41, 5.74) is 1.93. The molecule has 0 saturated carbocycles. The lowest BCUT2D eigenvalue weighted by atomic mass is 10.1. The van der Waals surface area contributed by atoms with E-state index in [1.807, 2.05) is 24.3 Å². The number of hydrogen-bond donors (Lipinski definition) is 0. The van der Waals surface area contributed by atoms with Gasteiger partial charge in [-0.1, -0.05) is 42.3 Å². The standard InChI is InChI=1S/C22H17Cl2NO2S2/c1-2-15-3-9-18(10-4-15)25(21(28)26-19-11-5-16(23)6-12-19)22(29)27-20-13-7-17(24)8-14-20/h3-14H,2H2,1H3. The van der Waals surface area contributed by atoms with Gasteiger partial charge in [-0.05, 0) is 97.1 Å². The second kappa shape index (κ2) is 10.0. The van der Waals surface area contributed by atoms with Crippen LogP contribution in [0.5, 0.6) is 11.5 Å². The molecule has 0 radical (unpaired) electrons. The first-order chi connectivity index (χ1) is 14.0. The van der Waals surface area contributed by atoms with Crippen molar-refractivity contribution in [3.05, 3.63) is 88.4 Å². The normalized spacial score (nSPS) is 10.3. The highest BCUT2D eigenvalue weighted by atomic mass is 35.5. The van der Waals surface area contributed by atoms with Crippen LogP contribution in [0.3, 0.4) is 0 Å². The van der Waals surface area contributed by atoms with Gasteiger partial charge in [0.1, 0.15) is 11.5 Å². The van der Waals surface area contributed by atoms with Crippen LogP contribution >= 0.6 is 47.6 Å². The van der Waals surface area contributed by atoms with Gasteiger partial charge >= 0.3 is 0 Å². The predicted octanol–water partition coefficient (Wildman–Crippen LogP) is 7.09. The minimum Gasteiger partial charge on any atom is -0.431 e. The third-order valence-electron chi connectivity index (χ3n) is 4.01. The van der Waals surface area contributed by atoms with Crippen LogP contribution < -0.4 is 14.4 Å². The molecule has 0 aliphatic heterocycles. The van der Waals surface area contributed by atoms with E-state index in [4.69, 9.17) is 57.1 Å². The van der Waals surface area contributed by atoms with Crippen molar-refractivity contribution in [2.24, 2.45) is 0 Å². The Balaban J connectivity index is 1.87. The van der Waals surface area contributed by atoms with Crippen LogP contribution in [0.4, 0.5) is 5.69 Å². The molecule has 0 bridgehead atoms. The number of thiocarbonyl (C=S) groups is 2. The summed E-state index contributed by atoms with van der Waals surface area (Å²) in [7, 11) is 0. The van der Waals surface area contributed by atoms with Gasteiger partial charge in [-0.2, -0.15) is 0 Å². The van der Waals surface area contributed by atoms with Gasteiger partial charge in [0, 0.05) is 10.0 Å². The first-order valence-electron chi connectivity index (χ1n) is 8.80. The maximum absolute atomic E-state index is 5.94. The molecule has 3 aromatic carbocycles. The highest BCUT2D eigenvalue weighted by molar-refractivity contribution is 7.82. The lowest BCUT2D eigenvalue weighted by Gasteiger charge is -2.25. The predicted molar refractivity (Wildman–Crippen MR) is 128 cm³/mol. The fourth-order valence-electron chi connectivity index (χ4n) is 2.46. The van der Waals surface area contributed by atoms with E-state index in [1.165, 1.54) is 5.56 Å². The average Bonchev–Trinajstić information content (AvgIpc) is 2.72. The molecular formula is C22H17Cl2NO2S2. The zero-order valence-electron chi connectivity index (χ0n) is 15.5. The van der Waals surface area contributed by atoms with Crippen LogP contribution in [0.2, 0.25) is 10.0 Å². The number of anilines is 1. The Hall–Kier alpha value is -2.18. The molecule has 3 nitrogen and oxygen atoms in total. The van der Waals surface area contributed by atoms with Gasteiger partial charge in [0.05, 0.1) is 5.69 Å². The first kappa shape index (κ1) is 21.5. The van der Waals surface area contributed by atoms with Crippen molar-refractivity contribution >= 4 is 63.7 Å². The summed E-state index contributed by atoms with van der Waals surface area (Å²) < 4.78 is 11.7. The highest BCUT2D eigenvalue weighted by Crippen LogP contribution is 2.23. The summed E-state index contributed by atoms with van der Waals surface area (Å²) in [6.45, 7) is 2.09. The van der Waals surface area contributed by atoms with E-state index >= 15 is 0 Å². The van der Waals surface area contributed by atoms with Gasteiger partial charge in [-0.3, -0.25) is 0 Å². The molecule has 0 aliphatic carbocycles. The van der Waals surface area contributed by atoms with Crippen molar-refractivity contribution in [1.29, 1.82) is 0 Å². The van der Waals surface area contributed by atoms with Crippen LogP contribution in [0.15, 0.2) is 72.8 Å². The van der Waals surface area contributed by atoms with E-state index in [0.29, 0.717) is 21.5 Å². The lowest BCUT2D eigenvalue weighted by Crippen LogP contribution is -2.40. The van der Waals surface area contributed by atoms with Gasteiger partial charge < -0.3 is 9.47 Å². The topological polar surface area (TPSA) is 21.7 Å². The number of halogens is 2. The summed E-state index contributed by atoms with van der Waals surface area (Å²) >= 11 is 22.9. The molecular weight excluding hydrogens is 445 g/mol. The lowest BCUT2D eigenvalue weighted by molar-refractivity contribution is 0.530. The Kier molecular flexibility index (Phi) is 7.45. The maximum Gasteiger partial charge on any atom is 0.277 e. The van der Waals surface area contributed by atoms with Gasteiger partial charge in [-0.25, -0.2) is 4.90 Å². The van der Waals surface area contributed by atoms with E-state index < -0.39 is 0 Å². The summed E-state index contributed by atoms with van der Waals surface area (Å²) in [5, 5.41) is 1.49. The first-order valence-corrected chi connectivity index (χ1v) is 10.4. The fraction of sp³-hybridized carbons (Fsp3) is 0.0909. The second-order valence-corrected chi connectivity index (χ2v) is 7.57. The second-order valence-electron chi connectivity index (χ2n) is 6.00. The Morgan fingerprint density at radius 1 is 0.724 bits per heavy atom. The van der Waals surface area contributed by atoms with Crippen molar-refractivity contribution in [1.82, 2.24) is 0 Å². The maximum atomic E-state index is 5.94. The highest BCUT2D eigenvalue weighted by Gasteiger charge is 2.21. The van der Waals surface area contributed by atoms with Crippen molar-refractivity contribution in [2.75, 3.05) is 4.90 Å². The SMILES string of the molecule is CCc1ccc(N(C(=S)Oc2ccc(Cl)cc2)C(=S)Oc2ccc(Cl)cc2)cc1. The smallest absolute Gasteiger partial charge is 0.277 e. The van der Waals surface area contributed by atoms with Crippen LogP contribution in [0, 0.1) is 0 Å². The van der Waals surface area contributed by atoms with Crippen molar-refractivity contribution < 1.29 is 9.47 Å². The average molecular weight is 462 g/mol. The largest absolute Gasteiger partial charge is 0.431 e. The number of nitrogens with zero attached hydrogens (tertiary/aromatic N) is 1. The number of hydrogen-bond acceptors (Lipinski definition) is 4. The van der Waals surface area contributed by atoms with Crippen LogP contribution in [0.1, 0.15) is 12.5 Å². The molecule has 0 saturated heterocycles.